The molecule has 0 saturated carbocycles. The minimum absolute atomic E-state index is 0.0258. The third-order valence-corrected chi connectivity index (χ3v) is 6.44. The zero-order chi connectivity index (χ0) is 24.9. The predicted octanol–water partition coefficient (Wildman–Crippen LogP) is 3.61. The molecule has 5 rings (SSSR count). The minimum atomic E-state index is -0.528. The Morgan fingerprint density at radius 2 is 1.74 bits per heavy atom. The number of ether oxygens (including phenoxy) is 1. The number of hydrogen-bond donors (Lipinski definition) is 0. The van der Waals surface area contributed by atoms with E-state index in [1.807, 2.05) is 51.2 Å². The molecule has 0 bridgehead atoms. The van der Waals surface area contributed by atoms with Crippen LogP contribution < -0.4 is 11.1 Å². The number of likely N-dealkylation sites (tertiary alicyclic amines) is 1. The molecule has 35 heavy (non-hydrogen) atoms. The van der Waals surface area contributed by atoms with Gasteiger partial charge in [0, 0.05) is 50.2 Å². The van der Waals surface area contributed by atoms with Crippen LogP contribution in [-0.4, -0.2) is 48.6 Å². The maximum absolute atomic E-state index is 13.3. The van der Waals surface area contributed by atoms with E-state index >= 15 is 0 Å². The monoisotopic (exact) mass is 475 g/mol. The van der Waals surface area contributed by atoms with Gasteiger partial charge in [0.25, 0.3) is 11.1 Å². The number of aromatic nitrogens is 4. The van der Waals surface area contributed by atoms with Gasteiger partial charge in [0.1, 0.15) is 5.60 Å². The average Bonchev–Trinajstić information content (AvgIpc) is 3.26. The van der Waals surface area contributed by atoms with E-state index < -0.39 is 5.60 Å². The van der Waals surface area contributed by atoms with Crippen LogP contribution in [0.15, 0.2) is 58.5 Å². The molecule has 182 valence electrons. The van der Waals surface area contributed by atoms with E-state index in [0.29, 0.717) is 42.2 Å². The summed E-state index contributed by atoms with van der Waals surface area (Å²) in [6.07, 6.45) is 6.33. The maximum Gasteiger partial charge on any atom is 0.410 e. The normalized spacial score (nSPS) is 15.1. The molecule has 1 amide bonds. The molecule has 0 spiro atoms. The van der Waals surface area contributed by atoms with Gasteiger partial charge in [0.15, 0.2) is 0 Å². The lowest BCUT2D eigenvalue weighted by atomic mass is 10.0. The van der Waals surface area contributed by atoms with Gasteiger partial charge < -0.3 is 18.8 Å². The third-order valence-electron chi connectivity index (χ3n) is 6.44. The van der Waals surface area contributed by atoms with Gasteiger partial charge in [0.05, 0.1) is 16.6 Å². The molecule has 0 aliphatic carbocycles. The van der Waals surface area contributed by atoms with E-state index in [1.54, 1.807) is 39.7 Å². The SMILES string of the molecule is Cn1ccc2nn(-c3ccc4c(=O)n(C5CCN(C(=O)OC(C)(C)C)CC5)ccc4c3)cc2c1=O. The summed E-state index contributed by atoms with van der Waals surface area (Å²) in [7, 11) is 1.71. The van der Waals surface area contributed by atoms with Crippen molar-refractivity contribution in [2.75, 3.05) is 13.1 Å². The first-order chi connectivity index (χ1) is 16.6. The Bertz CT molecular complexity index is 1550. The van der Waals surface area contributed by atoms with Crippen LogP contribution in [0.2, 0.25) is 0 Å². The van der Waals surface area contributed by atoms with Gasteiger partial charge in [-0.25, -0.2) is 9.48 Å². The lowest BCUT2D eigenvalue weighted by molar-refractivity contribution is 0.0187. The molecule has 9 heteroatoms. The van der Waals surface area contributed by atoms with Crippen LogP contribution in [0.25, 0.3) is 27.4 Å². The zero-order valence-corrected chi connectivity index (χ0v) is 20.4. The van der Waals surface area contributed by atoms with Crippen molar-refractivity contribution < 1.29 is 9.53 Å². The fourth-order valence-corrected chi connectivity index (χ4v) is 4.58. The summed E-state index contributed by atoms with van der Waals surface area (Å²) in [6.45, 7) is 6.67. The van der Waals surface area contributed by atoms with Crippen molar-refractivity contribution in [3.8, 4) is 5.69 Å². The highest BCUT2D eigenvalue weighted by Gasteiger charge is 2.28. The number of carbonyl (C=O) groups excluding carboxylic acids is 1. The Balaban J connectivity index is 1.39. The molecule has 4 aromatic rings. The largest absolute Gasteiger partial charge is 0.444 e. The molecular formula is C26H29N5O4. The molecule has 1 fully saturated rings. The van der Waals surface area contributed by atoms with Crippen molar-refractivity contribution in [1.29, 1.82) is 0 Å². The predicted molar refractivity (Wildman–Crippen MR) is 134 cm³/mol. The van der Waals surface area contributed by atoms with Crippen LogP contribution in [0.4, 0.5) is 4.79 Å². The van der Waals surface area contributed by atoms with Crippen LogP contribution in [0.1, 0.15) is 39.7 Å². The number of nitrogens with zero attached hydrogens (tertiary/aromatic N) is 5. The Labute approximate surface area is 202 Å². The van der Waals surface area contributed by atoms with Gasteiger partial charge in [-0.1, -0.05) is 0 Å². The van der Waals surface area contributed by atoms with Crippen LogP contribution >= 0.6 is 0 Å². The van der Waals surface area contributed by atoms with E-state index in [9.17, 15) is 14.4 Å². The van der Waals surface area contributed by atoms with Gasteiger partial charge in [-0.15, -0.1) is 0 Å². The van der Waals surface area contributed by atoms with Crippen LogP contribution in [0, 0.1) is 0 Å². The quantitative estimate of drug-likeness (QED) is 0.442. The Kier molecular flexibility index (Phi) is 5.50. The number of amides is 1. The molecule has 4 heterocycles. The molecular weight excluding hydrogens is 446 g/mol. The van der Waals surface area contributed by atoms with Gasteiger partial charge in [0.2, 0.25) is 0 Å². The molecule has 1 aliphatic heterocycles. The Hall–Kier alpha value is -3.88. The minimum Gasteiger partial charge on any atom is -0.444 e. The lowest BCUT2D eigenvalue weighted by Crippen LogP contribution is -2.43. The molecule has 0 unspecified atom stereocenters. The maximum atomic E-state index is 13.3. The summed E-state index contributed by atoms with van der Waals surface area (Å²) in [5, 5.41) is 6.50. The molecule has 1 aromatic carbocycles. The van der Waals surface area contributed by atoms with Crippen molar-refractivity contribution in [3.05, 3.63) is 69.6 Å². The molecule has 0 atom stereocenters. The molecule has 0 N–H and O–H groups in total. The number of carbonyl (C=O) groups is 1. The molecule has 3 aromatic heterocycles. The van der Waals surface area contributed by atoms with E-state index in [4.69, 9.17) is 4.74 Å². The topological polar surface area (TPSA) is 91.4 Å². The first kappa shape index (κ1) is 22.9. The lowest BCUT2D eigenvalue weighted by Gasteiger charge is -2.34. The van der Waals surface area contributed by atoms with Gasteiger partial charge in [-0.3, -0.25) is 9.59 Å². The van der Waals surface area contributed by atoms with Crippen molar-refractivity contribution in [3.63, 3.8) is 0 Å². The fourth-order valence-electron chi connectivity index (χ4n) is 4.58. The van der Waals surface area contributed by atoms with Gasteiger partial charge >= 0.3 is 6.09 Å². The van der Waals surface area contributed by atoms with Crippen molar-refractivity contribution in [1.82, 2.24) is 23.8 Å². The van der Waals surface area contributed by atoms with Gasteiger partial charge in [-0.2, -0.15) is 5.10 Å². The summed E-state index contributed by atoms with van der Waals surface area (Å²) in [4.78, 5) is 39.7. The number of hydrogen-bond acceptors (Lipinski definition) is 5. The number of rotatable bonds is 2. The van der Waals surface area contributed by atoms with Crippen molar-refractivity contribution >= 4 is 27.8 Å². The number of benzene rings is 1. The van der Waals surface area contributed by atoms with Crippen LogP contribution in [0.3, 0.4) is 0 Å². The van der Waals surface area contributed by atoms with E-state index in [0.717, 1.165) is 11.1 Å². The molecule has 0 radical (unpaired) electrons. The summed E-state index contributed by atoms with van der Waals surface area (Å²) in [6, 6.07) is 9.32. The smallest absolute Gasteiger partial charge is 0.410 e. The second kappa shape index (κ2) is 8.41. The second-order valence-corrected chi connectivity index (χ2v) is 10.1. The molecule has 9 nitrogen and oxygen atoms in total. The standard InChI is InChI=1S/C26H29N5O4/c1-26(2,3)35-25(34)29-12-8-18(9-13-29)30-14-7-17-15-19(5-6-20(17)24(30)33)31-16-21-22(27-31)10-11-28(4)23(21)32/h5-7,10-11,14-16,18H,8-9,12-13H2,1-4H3. The average molecular weight is 476 g/mol. The fraction of sp³-hybridized carbons (Fsp3) is 0.385. The Morgan fingerprint density at radius 3 is 2.46 bits per heavy atom. The van der Waals surface area contributed by atoms with Crippen LogP contribution in [-0.2, 0) is 11.8 Å². The highest BCUT2D eigenvalue weighted by atomic mass is 16.6. The Morgan fingerprint density at radius 1 is 1.00 bits per heavy atom. The second-order valence-electron chi connectivity index (χ2n) is 10.1. The first-order valence-electron chi connectivity index (χ1n) is 11.8. The van der Waals surface area contributed by atoms with Crippen LogP contribution in [0.5, 0.6) is 0 Å². The number of fused-ring (bicyclic) bond motifs is 2. The van der Waals surface area contributed by atoms with E-state index in [1.165, 1.54) is 4.57 Å². The highest BCUT2D eigenvalue weighted by molar-refractivity contribution is 5.84. The molecule has 1 saturated heterocycles. The molecule has 1 aliphatic rings. The first-order valence-corrected chi connectivity index (χ1v) is 11.8. The van der Waals surface area contributed by atoms with E-state index in [2.05, 4.69) is 5.10 Å². The number of aryl methyl sites for hydroxylation is 1. The summed E-state index contributed by atoms with van der Waals surface area (Å²) in [5.41, 5.74) is 0.722. The number of pyridine rings is 2. The van der Waals surface area contributed by atoms with Crippen molar-refractivity contribution in [2.24, 2.45) is 7.05 Å². The summed E-state index contributed by atoms with van der Waals surface area (Å²) < 4.78 is 10.4. The van der Waals surface area contributed by atoms with Gasteiger partial charge in [-0.05, 0) is 69.3 Å². The highest BCUT2D eigenvalue weighted by Crippen LogP contribution is 2.24. The van der Waals surface area contributed by atoms with E-state index in [-0.39, 0.29) is 23.3 Å². The number of piperidine rings is 1. The van der Waals surface area contributed by atoms with Crippen molar-refractivity contribution in [2.45, 2.75) is 45.3 Å². The zero-order valence-electron chi connectivity index (χ0n) is 20.4. The third kappa shape index (κ3) is 4.34. The summed E-state index contributed by atoms with van der Waals surface area (Å²) in [5.74, 6) is 0. The summed E-state index contributed by atoms with van der Waals surface area (Å²) >= 11 is 0.